The van der Waals surface area contributed by atoms with Crippen LogP contribution in [0.1, 0.15) is 4.88 Å². The predicted molar refractivity (Wildman–Crippen MR) is 107 cm³/mol. The lowest BCUT2D eigenvalue weighted by atomic mass is 10.0. The van der Waals surface area contributed by atoms with Gasteiger partial charge in [-0.3, -0.25) is 14.5 Å². The molecule has 4 heterocycles. The third-order valence-electron chi connectivity index (χ3n) is 4.44. The molecule has 13 heteroatoms. The van der Waals surface area contributed by atoms with Crippen molar-refractivity contribution in [2.45, 2.75) is 23.0 Å². The molecule has 29 heavy (non-hydrogen) atoms. The largest absolute Gasteiger partial charge is 0.477 e. The number of hydrogen-bond acceptors (Lipinski definition) is 9. The highest BCUT2D eigenvalue weighted by Crippen LogP contribution is 2.41. The lowest BCUT2D eigenvalue weighted by Crippen LogP contribution is -2.70. The van der Waals surface area contributed by atoms with Crippen LogP contribution in [0.25, 0.3) is 0 Å². The maximum Gasteiger partial charge on any atom is 0.352 e. The summed E-state index contributed by atoms with van der Waals surface area (Å²) in [5, 5.41) is 25.6. The molecule has 1 fully saturated rings. The number of carbonyl (C=O) groups excluding carboxylic acids is 2. The summed E-state index contributed by atoms with van der Waals surface area (Å²) in [5.74, 6) is -0.996. The number of aromatic nitrogens is 4. The first kappa shape index (κ1) is 19.9. The molecule has 0 aromatic carbocycles. The van der Waals surface area contributed by atoms with Gasteiger partial charge in [-0.15, -0.1) is 28.2 Å². The highest BCUT2D eigenvalue weighted by atomic mass is 32.2. The molecule has 0 saturated carbocycles. The number of hydrogen-bond donors (Lipinski definition) is 2. The van der Waals surface area contributed by atoms with Gasteiger partial charge in [0.1, 0.15) is 17.1 Å². The Kier molecular flexibility index (Phi) is 5.61. The van der Waals surface area contributed by atoms with Crippen LogP contribution in [0, 0.1) is 0 Å². The summed E-state index contributed by atoms with van der Waals surface area (Å²) in [4.78, 5) is 38.9. The lowest BCUT2D eigenvalue weighted by Gasteiger charge is -2.49. The molecule has 1 saturated heterocycles. The number of aryl methyl sites for hydroxylation is 1. The van der Waals surface area contributed by atoms with Gasteiger partial charge in [0.15, 0.2) is 0 Å². The first-order valence-corrected chi connectivity index (χ1v) is 11.4. The van der Waals surface area contributed by atoms with E-state index in [1.165, 1.54) is 44.4 Å². The van der Waals surface area contributed by atoms with Crippen LogP contribution in [0.2, 0.25) is 0 Å². The molecule has 0 radical (unpaired) electrons. The van der Waals surface area contributed by atoms with E-state index in [-0.39, 0.29) is 18.0 Å². The lowest BCUT2D eigenvalue weighted by molar-refractivity contribution is -0.150. The number of carboxylic acids is 1. The molecule has 0 bridgehead atoms. The number of thioether (sulfide) groups is 2. The Labute approximate surface area is 177 Å². The average Bonchev–Trinajstić information content (AvgIpc) is 3.35. The number of amides is 2. The van der Waals surface area contributed by atoms with Crippen molar-refractivity contribution in [2.24, 2.45) is 7.05 Å². The fourth-order valence-electron chi connectivity index (χ4n) is 3.09. The fourth-order valence-corrected chi connectivity index (χ4v) is 6.12. The number of carboxylic acid groups (broad SMARTS) is 1. The SMILES string of the molecule is Cn1nnnc1SCC1=C(C(=O)O)N2C(=O)[C@H](NC(=O)Cc3cccs3)[C@@H]2SC1. The number of fused-ring (bicyclic) bond motifs is 1. The quantitative estimate of drug-likeness (QED) is 0.451. The van der Waals surface area contributed by atoms with Crippen LogP contribution in [0.4, 0.5) is 0 Å². The van der Waals surface area contributed by atoms with E-state index >= 15 is 0 Å². The van der Waals surface area contributed by atoms with E-state index in [1.807, 2.05) is 17.5 Å². The molecular weight excluding hydrogens is 436 g/mol. The minimum Gasteiger partial charge on any atom is -0.477 e. The van der Waals surface area contributed by atoms with E-state index in [9.17, 15) is 19.5 Å². The smallest absolute Gasteiger partial charge is 0.352 e. The van der Waals surface area contributed by atoms with E-state index in [1.54, 1.807) is 7.05 Å². The molecule has 2 aliphatic rings. The molecule has 2 amide bonds. The second-order valence-electron chi connectivity index (χ2n) is 6.34. The number of aliphatic carboxylic acids is 1. The monoisotopic (exact) mass is 452 g/mol. The predicted octanol–water partition coefficient (Wildman–Crippen LogP) is 0.345. The maximum absolute atomic E-state index is 12.6. The molecule has 2 aromatic rings. The van der Waals surface area contributed by atoms with Gasteiger partial charge in [0.25, 0.3) is 5.91 Å². The van der Waals surface area contributed by atoms with Crippen molar-refractivity contribution in [3.63, 3.8) is 0 Å². The zero-order chi connectivity index (χ0) is 20.5. The second kappa shape index (κ2) is 8.16. The molecule has 0 spiro atoms. The van der Waals surface area contributed by atoms with Gasteiger partial charge in [0.05, 0.1) is 6.42 Å². The fraction of sp³-hybridized carbons (Fsp3) is 0.375. The van der Waals surface area contributed by atoms with E-state index in [4.69, 9.17) is 0 Å². The number of nitrogens with zero attached hydrogens (tertiary/aromatic N) is 5. The van der Waals surface area contributed by atoms with E-state index in [2.05, 4.69) is 20.8 Å². The van der Waals surface area contributed by atoms with E-state index in [0.29, 0.717) is 22.2 Å². The van der Waals surface area contributed by atoms with Gasteiger partial charge >= 0.3 is 5.97 Å². The van der Waals surface area contributed by atoms with Gasteiger partial charge in [-0.25, -0.2) is 9.48 Å². The van der Waals surface area contributed by atoms with Crippen LogP contribution < -0.4 is 5.32 Å². The molecule has 0 aliphatic carbocycles. The maximum atomic E-state index is 12.6. The highest BCUT2D eigenvalue weighted by Gasteiger charge is 2.54. The van der Waals surface area contributed by atoms with Crippen LogP contribution in [0.3, 0.4) is 0 Å². The Morgan fingerprint density at radius 1 is 1.45 bits per heavy atom. The summed E-state index contributed by atoms with van der Waals surface area (Å²) in [7, 11) is 1.70. The zero-order valence-corrected chi connectivity index (χ0v) is 17.6. The molecule has 2 aromatic heterocycles. The van der Waals surface area contributed by atoms with Crippen LogP contribution in [0.15, 0.2) is 33.9 Å². The van der Waals surface area contributed by atoms with Gasteiger partial charge in [0, 0.05) is 23.4 Å². The molecule has 10 nitrogen and oxygen atoms in total. The first-order valence-electron chi connectivity index (χ1n) is 8.52. The summed E-state index contributed by atoms with van der Waals surface area (Å²) >= 11 is 4.23. The number of nitrogens with one attached hydrogen (secondary N) is 1. The van der Waals surface area contributed by atoms with Crippen LogP contribution in [0.5, 0.6) is 0 Å². The number of thiophene rings is 1. The van der Waals surface area contributed by atoms with Crippen molar-refractivity contribution < 1.29 is 19.5 Å². The molecule has 4 rings (SSSR count). The first-order chi connectivity index (χ1) is 14.0. The van der Waals surface area contributed by atoms with Crippen molar-refractivity contribution in [3.8, 4) is 0 Å². The van der Waals surface area contributed by atoms with Gasteiger partial charge in [-0.2, -0.15) is 0 Å². The number of carbonyl (C=O) groups is 3. The Balaban J connectivity index is 1.45. The summed E-state index contributed by atoms with van der Waals surface area (Å²) in [6, 6.07) is 3.01. The van der Waals surface area contributed by atoms with E-state index in [0.717, 1.165) is 4.88 Å². The third-order valence-corrected chi connectivity index (χ3v) is 7.75. The Morgan fingerprint density at radius 3 is 2.93 bits per heavy atom. The molecule has 152 valence electrons. The molecule has 2 atom stereocenters. The van der Waals surface area contributed by atoms with Crippen LogP contribution in [-0.2, 0) is 27.9 Å². The van der Waals surface area contributed by atoms with Crippen molar-refractivity contribution in [3.05, 3.63) is 33.7 Å². The van der Waals surface area contributed by atoms with Gasteiger partial charge < -0.3 is 10.4 Å². The van der Waals surface area contributed by atoms with Crippen molar-refractivity contribution in [1.29, 1.82) is 0 Å². The number of rotatable bonds is 7. The topological polar surface area (TPSA) is 130 Å². The van der Waals surface area contributed by atoms with Gasteiger partial charge in [0.2, 0.25) is 11.1 Å². The Hall–Kier alpha value is -2.38. The van der Waals surface area contributed by atoms with Crippen LogP contribution >= 0.6 is 34.9 Å². The number of tetrazole rings is 1. The van der Waals surface area contributed by atoms with Gasteiger partial charge in [-0.1, -0.05) is 17.8 Å². The summed E-state index contributed by atoms with van der Waals surface area (Å²) in [5.41, 5.74) is 0.619. The number of β-lactam (4-membered cyclic amide) rings is 1. The van der Waals surface area contributed by atoms with Crippen LogP contribution in [-0.4, -0.2) is 70.9 Å². The summed E-state index contributed by atoms with van der Waals surface area (Å²) in [6.45, 7) is 0. The van der Waals surface area contributed by atoms with Crippen molar-refractivity contribution in [2.75, 3.05) is 11.5 Å². The minimum atomic E-state index is -1.15. The summed E-state index contributed by atoms with van der Waals surface area (Å²) in [6.07, 6.45) is 0.202. The molecular formula is C16H16N6O4S3. The highest BCUT2D eigenvalue weighted by molar-refractivity contribution is 8.01. The van der Waals surface area contributed by atoms with Crippen molar-refractivity contribution >= 4 is 52.6 Å². The standard InChI is InChI=1S/C16H16N6O4S3/c1-21-16(18-19-20-21)29-7-8-6-28-14-11(13(24)22(14)12(8)15(25)26)17-10(23)5-9-3-2-4-27-9/h2-4,11,14H,5-7H2,1H3,(H,17,23)(H,25,26)/t11-,14-/m0/s1. The Morgan fingerprint density at radius 2 is 2.28 bits per heavy atom. The molecule has 2 N–H and O–H groups in total. The summed E-state index contributed by atoms with van der Waals surface area (Å²) < 4.78 is 1.50. The van der Waals surface area contributed by atoms with Crippen molar-refractivity contribution in [1.82, 2.24) is 30.4 Å². The average molecular weight is 453 g/mol. The van der Waals surface area contributed by atoms with Gasteiger partial charge in [-0.05, 0) is 27.4 Å². The third kappa shape index (κ3) is 3.89. The zero-order valence-electron chi connectivity index (χ0n) is 15.1. The normalized spacial score (nSPS) is 21.0. The minimum absolute atomic E-state index is 0.00914. The Bertz CT molecular complexity index is 989. The van der Waals surface area contributed by atoms with E-state index < -0.39 is 23.3 Å². The molecule has 0 unspecified atom stereocenters. The second-order valence-corrected chi connectivity index (χ2v) is 9.42. The molecule has 2 aliphatic heterocycles.